The maximum absolute atomic E-state index is 12.4. The normalized spacial score (nSPS) is 10.5. The maximum Gasteiger partial charge on any atom is 0.248 e. The molecule has 7 nitrogen and oxygen atoms in total. The molecule has 3 aromatic carbocycles. The van der Waals surface area contributed by atoms with Crippen LogP contribution in [0.3, 0.4) is 0 Å². The zero-order valence-corrected chi connectivity index (χ0v) is 19.5. The van der Waals surface area contributed by atoms with Crippen LogP contribution in [0.5, 0.6) is 0 Å². The average molecular weight is 475 g/mol. The molecule has 0 saturated heterocycles. The van der Waals surface area contributed by atoms with Gasteiger partial charge in [-0.2, -0.15) is 0 Å². The lowest BCUT2D eigenvalue weighted by Crippen LogP contribution is -2.44. The van der Waals surface area contributed by atoms with Crippen LogP contribution in [0.2, 0.25) is 0 Å². The Balaban J connectivity index is 1.43. The van der Waals surface area contributed by atoms with Crippen LogP contribution >= 0.6 is 24.0 Å². The number of anilines is 1. The molecular weight excluding hydrogens is 452 g/mol. The highest BCUT2D eigenvalue weighted by atomic mass is 32.2. The molecule has 166 valence electrons. The molecule has 1 amide bonds. The van der Waals surface area contributed by atoms with Crippen LogP contribution in [0.15, 0.2) is 90.1 Å². The first-order chi connectivity index (χ1) is 16.1. The highest BCUT2D eigenvalue weighted by Crippen LogP contribution is 2.28. The van der Waals surface area contributed by atoms with E-state index in [1.54, 1.807) is 0 Å². The summed E-state index contributed by atoms with van der Waals surface area (Å²) in [6.07, 6.45) is 0. The number of rotatable bonds is 6. The molecular formula is C24H22N6OS2. The third-order valence-electron chi connectivity index (χ3n) is 4.64. The topological polar surface area (TPSA) is 83.9 Å². The Morgan fingerprint density at radius 2 is 1.58 bits per heavy atom. The summed E-state index contributed by atoms with van der Waals surface area (Å²) in [6.45, 7) is 2.04. The summed E-state index contributed by atoms with van der Waals surface area (Å²) in [5, 5.41) is 12.7. The maximum atomic E-state index is 12.4. The van der Waals surface area contributed by atoms with Crippen LogP contribution < -0.4 is 16.2 Å². The number of aromatic nitrogens is 3. The van der Waals surface area contributed by atoms with Gasteiger partial charge in [0.15, 0.2) is 16.1 Å². The summed E-state index contributed by atoms with van der Waals surface area (Å²) < 4.78 is 1.96. The standard InChI is InChI=1S/C24H22N6OS2/c1-17-12-14-18(15-13-17)22-27-29-24(30(22)20-10-6-3-7-11-20)33-16-21(31)26-28-23(32)25-19-8-4-2-5-9-19/h2-15H,16H2,1H3,(H,26,31)(H2,25,28,32). The number of hydrazine groups is 1. The molecule has 4 aromatic rings. The van der Waals surface area contributed by atoms with Gasteiger partial charge in [-0.25, -0.2) is 0 Å². The monoisotopic (exact) mass is 474 g/mol. The molecule has 0 unspecified atom stereocenters. The fourth-order valence-corrected chi connectivity index (χ4v) is 3.96. The minimum absolute atomic E-state index is 0.139. The quantitative estimate of drug-likeness (QED) is 0.218. The summed E-state index contributed by atoms with van der Waals surface area (Å²) in [5.41, 5.74) is 9.20. The van der Waals surface area contributed by atoms with Gasteiger partial charge in [0.1, 0.15) is 0 Å². The van der Waals surface area contributed by atoms with Crippen molar-refractivity contribution in [2.45, 2.75) is 12.1 Å². The number of carbonyl (C=O) groups excluding carboxylic acids is 1. The van der Waals surface area contributed by atoms with Gasteiger partial charge in [-0.05, 0) is 43.4 Å². The van der Waals surface area contributed by atoms with E-state index >= 15 is 0 Å². The number of nitrogens with one attached hydrogen (secondary N) is 3. The Morgan fingerprint density at radius 1 is 0.909 bits per heavy atom. The molecule has 9 heteroatoms. The van der Waals surface area contributed by atoms with E-state index in [-0.39, 0.29) is 11.7 Å². The highest BCUT2D eigenvalue weighted by molar-refractivity contribution is 7.99. The van der Waals surface area contributed by atoms with Gasteiger partial charge in [-0.15, -0.1) is 10.2 Å². The van der Waals surface area contributed by atoms with Gasteiger partial charge in [-0.1, -0.05) is 78.0 Å². The van der Waals surface area contributed by atoms with Crippen molar-refractivity contribution in [3.05, 3.63) is 90.5 Å². The number of thioether (sulfide) groups is 1. The average Bonchev–Trinajstić information content (AvgIpc) is 3.27. The van der Waals surface area contributed by atoms with E-state index in [1.165, 1.54) is 17.3 Å². The first-order valence-corrected chi connectivity index (χ1v) is 11.6. The van der Waals surface area contributed by atoms with Crippen molar-refractivity contribution in [1.82, 2.24) is 25.6 Å². The van der Waals surface area contributed by atoms with Crippen LogP contribution in [0.4, 0.5) is 5.69 Å². The number of benzene rings is 3. The molecule has 33 heavy (non-hydrogen) atoms. The molecule has 0 atom stereocenters. The number of thiocarbonyl (C=S) groups is 1. The van der Waals surface area contributed by atoms with Crippen molar-refractivity contribution in [3.63, 3.8) is 0 Å². The lowest BCUT2D eigenvalue weighted by atomic mass is 10.1. The molecule has 0 aliphatic heterocycles. The SMILES string of the molecule is Cc1ccc(-c2nnc(SCC(=O)NNC(=S)Nc3ccccc3)n2-c2ccccc2)cc1. The Morgan fingerprint density at radius 3 is 2.27 bits per heavy atom. The molecule has 4 rings (SSSR count). The van der Waals surface area contributed by atoms with Crippen LogP contribution in [0.25, 0.3) is 17.1 Å². The largest absolute Gasteiger partial charge is 0.331 e. The number of para-hydroxylation sites is 2. The summed E-state index contributed by atoms with van der Waals surface area (Å²) in [7, 11) is 0. The van der Waals surface area contributed by atoms with Gasteiger partial charge in [-0.3, -0.25) is 20.2 Å². The Bertz CT molecular complexity index is 1230. The molecule has 1 aromatic heterocycles. The second kappa shape index (κ2) is 10.8. The van der Waals surface area contributed by atoms with Crippen molar-refractivity contribution < 1.29 is 4.79 Å². The van der Waals surface area contributed by atoms with Crippen molar-refractivity contribution >= 4 is 40.7 Å². The second-order valence-electron chi connectivity index (χ2n) is 7.13. The van der Waals surface area contributed by atoms with E-state index in [0.29, 0.717) is 10.3 Å². The Kier molecular flexibility index (Phi) is 7.33. The predicted octanol–water partition coefficient (Wildman–Crippen LogP) is 4.35. The van der Waals surface area contributed by atoms with Crippen molar-refractivity contribution in [1.29, 1.82) is 0 Å². The van der Waals surface area contributed by atoms with Crippen LogP contribution in [0, 0.1) is 6.92 Å². The molecule has 0 bridgehead atoms. The zero-order chi connectivity index (χ0) is 23.0. The number of carbonyl (C=O) groups is 1. The second-order valence-corrected chi connectivity index (χ2v) is 8.48. The van der Waals surface area contributed by atoms with E-state index in [1.807, 2.05) is 96.4 Å². The van der Waals surface area contributed by atoms with Gasteiger partial charge in [0.25, 0.3) is 0 Å². The van der Waals surface area contributed by atoms with E-state index in [4.69, 9.17) is 12.2 Å². The van der Waals surface area contributed by atoms with Gasteiger partial charge in [0.2, 0.25) is 5.91 Å². The lowest BCUT2D eigenvalue weighted by molar-refractivity contribution is -0.119. The summed E-state index contributed by atoms with van der Waals surface area (Å²) in [5.74, 6) is 0.618. The molecule has 3 N–H and O–H groups in total. The molecule has 0 aliphatic carbocycles. The fraction of sp³-hybridized carbons (Fsp3) is 0.0833. The van der Waals surface area contributed by atoms with E-state index in [9.17, 15) is 4.79 Å². The van der Waals surface area contributed by atoms with Crippen molar-refractivity contribution in [2.75, 3.05) is 11.1 Å². The van der Waals surface area contributed by atoms with Crippen LogP contribution in [0.1, 0.15) is 5.56 Å². The van der Waals surface area contributed by atoms with Crippen LogP contribution in [-0.2, 0) is 4.79 Å². The predicted molar refractivity (Wildman–Crippen MR) is 136 cm³/mol. The third-order valence-corrected chi connectivity index (χ3v) is 5.77. The van der Waals surface area contributed by atoms with Gasteiger partial charge in [0.05, 0.1) is 5.75 Å². The minimum atomic E-state index is -0.239. The number of aryl methyl sites for hydroxylation is 1. The number of amides is 1. The molecule has 1 heterocycles. The number of hydrogen-bond donors (Lipinski definition) is 3. The van der Waals surface area contributed by atoms with E-state index in [0.717, 1.165) is 22.8 Å². The summed E-state index contributed by atoms with van der Waals surface area (Å²) in [6, 6.07) is 27.4. The molecule has 0 saturated carbocycles. The highest BCUT2D eigenvalue weighted by Gasteiger charge is 2.17. The first-order valence-electron chi connectivity index (χ1n) is 10.2. The lowest BCUT2D eigenvalue weighted by Gasteiger charge is -2.12. The molecule has 0 fully saturated rings. The smallest absolute Gasteiger partial charge is 0.248 e. The van der Waals surface area contributed by atoms with E-state index < -0.39 is 0 Å². The Labute approximate surface area is 201 Å². The first kappa shape index (κ1) is 22.5. The van der Waals surface area contributed by atoms with Gasteiger partial charge in [0, 0.05) is 16.9 Å². The van der Waals surface area contributed by atoms with E-state index in [2.05, 4.69) is 26.4 Å². The van der Waals surface area contributed by atoms with Crippen molar-refractivity contribution in [2.24, 2.45) is 0 Å². The molecule has 0 spiro atoms. The number of hydrogen-bond acceptors (Lipinski definition) is 5. The summed E-state index contributed by atoms with van der Waals surface area (Å²) in [4.78, 5) is 12.4. The Hall–Kier alpha value is -3.69. The summed E-state index contributed by atoms with van der Waals surface area (Å²) >= 11 is 6.51. The van der Waals surface area contributed by atoms with Crippen LogP contribution in [-0.4, -0.2) is 31.5 Å². The van der Waals surface area contributed by atoms with Gasteiger partial charge < -0.3 is 5.32 Å². The molecule has 0 aliphatic rings. The molecule has 0 radical (unpaired) electrons. The van der Waals surface area contributed by atoms with Gasteiger partial charge >= 0.3 is 0 Å². The zero-order valence-electron chi connectivity index (χ0n) is 17.9. The fourth-order valence-electron chi connectivity index (χ4n) is 3.04. The third kappa shape index (κ3) is 5.97. The number of nitrogens with zero attached hydrogens (tertiary/aromatic N) is 3. The minimum Gasteiger partial charge on any atom is -0.331 e. The van der Waals surface area contributed by atoms with Crippen molar-refractivity contribution in [3.8, 4) is 17.1 Å².